The lowest BCUT2D eigenvalue weighted by atomic mass is 9.99. The lowest BCUT2D eigenvalue weighted by Gasteiger charge is -2.21. The van der Waals surface area contributed by atoms with Gasteiger partial charge in [0.1, 0.15) is 19.3 Å². The molecular weight excluding hydrogens is 1340 g/mol. The molecule has 0 spiro atoms. The van der Waals surface area contributed by atoms with E-state index in [0.29, 0.717) is 25.7 Å². The van der Waals surface area contributed by atoms with Gasteiger partial charge < -0.3 is 33.8 Å². The topological polar surface area (TPSA) is 237 Å². The summed E-state index contributed by atoms with van der Waals surface area (Å²) in [6.45, 7) is 9.72. The minimum Gasteiger partial charge on any atom is -0.462 e. The third kappa shape index (κ3) is 75.3. The summed E-state index contributed by atoms with van der Waals surface area (Å²) in [5.41, 5.74) is 0. The van der Waals surface area contributed by atoms with Gasteiger partial charge in [0.2, 0.25) is 0 Å². The van der Waals surface area contributed by atoms with Crippen LogP contribution in [0.15, 0.2) is 0 Å². The predicted molar refractivity (Wildman–Crippen MR) is 423 cm³/mol. The molecule has 0 aliphatic carbocycles. The molecule has 0 heterocycles. The van der Waals surface area contributed by atoms with E-state index >= 15 is 0 Å². The molecule has 103 heavy (non-hydrogen) atoms. The Hall–Kier alpha value is -1.94. The number of unbranched alkanes of at least 4 members (excludes halogenated alkanes) is 51. The highest BCUT2D eigenvalue weighted by Gasteiger charge is 2.30. The van der Waals surface area contributed by atoms with Gasteiger partial charge in [0.05, 0.1) is 26.4 Å². The maximum absolute atomic E-state index is 13.1. The van der Waals surface area contributed by atoms with Crippen molar-refractivity contribution < 1.29 is 80.2 Å². The SMILES string of the molecule is CCCCCCCCCCCCCCCCCCCCC(=O)OC[C@H](COP(=O)(O)OC[C@@H](O)COP(=O)(O)OC[C@@H](COC(=O)CCCCCCCCCCC(C)CC)OC(=O)CCCCCCCCCCCCCCCCC)OC(=O)CCCCCCCCCCCCCCCCC(C)CC. The standard InChI is InChI=1S/C84H164O17P2/c1-7-11-13-15-17-19-21-23-25-26-27-29-33-37-41-48-54-60-66-81(86)94-72-79(100-83(88)69-63-57-51-43-39-35-31-30-32-36-40-46-52-58-64-76(5)9-3)74-98-102(90,91)96-70-78(85)71-97-103(92,93)99-75-80(73-95-82(87)67-61-55-49-45-44-47-53-59-65-77(6)10-4)101-84(89)68-62-56-50-42-38-34-28-24-22-20-18-16-14-12-8-2/h76-80,85H,7-75H2,1-6H3,(H,90,91)(H,92,93)/t76?,77?,78-,79-,80-/m1/s1. The number of phosphoric ester groups is 2. The molecule has 4 unspecified atom stereocenters. The summed E-state index contributed by atoms with van der Waals surface area (Å²) < 4.78 is 68.9. The van der Waals surface area contributed by atoms with Crippen LogP contribution in [0.3, 0.4) is 0 Å². The number of carbonyl (C=O) groups excluding carboxylic acids is 4. The van der Waals surface area contributed by atoms with Gasteiger partial charge in [-0.3, -0.25) is 37.3 Å². The van der Waals surface area contributed by atoms with E-state index in [1.807, 2.05) is 0 Å². The molecule has 0 aliphatic heterocycles. The van der Waals surface area contributed by atoms with E-state index in [1.165, 1.54) is 263 Å². The Bertz CT molecular complexity index is 1980. The third-order valence-corrected chi connectivity index (χ3v) is 22.3. The molecule has 0 saturated heterocycles. The van der Waals surface area contributed by atoms with Crippen molar-refractivity contribution in [2.45, 2.75) is 464 Å². The van der Waals surface area contributed by atoms with E-state index in [4.69, 9.17) is 37.0 Å². The molecule has 0 fully saturated rings. The molecule has 0 saturated carbocycles. The summed E-state index contributed by atoms with van der Waals surface area (Å²) >= 11 is 0. The van der Waals surface area contributed by atoms with Crippen molar-refractivity contribution in [1.82, 2.24) is 0 Å². The summed E-state index contributed by atoms with van der Waals surface area (Å²) in [5.74, 6) is -0.479. The fraction of sp³-hybridized carbons (Fsp3) is 0.952. The average Bonchev–Trinajstić information content (AvgIpc) is 2.10. The van der Waals surface area contributed by atoms with Crippen LogP contribution in [0, 0.1) is 11.8 Å². The highest BCUT2D eigenvalue weighted by Crippen LogP contribution is 2.45. The quantitative estimate of drug-likeness (QED) is 0.0222. The number of rotatable bonds is 83. The molecule has 612 valence electrons. The predicted octanol–water partition coefficient (Wildman–Crippen LogP) is 25.5. The fourth-order valence-corrected chi connectivity index (χ4v) is 14.6. The Labute approximate surface area is 632 Å². The lowest BCUT2D eigenvalue weighted by molar-refractivity contribution is -0.161. The van der Waals surface area contributed by atoms with E-state index in [2.05, 4.69) is 41.5 Å². The first kappa shape index (κ1) is 101. The van der Waals surface area contributed by atoms with E-state index in [0.717, 1.165) is 102 Å². The lowest BCUT2D eigenvalue weighted by Crippen LogP contribution is -2.30. The highest BCUT2D eigenvalue weighted by molar-refractivity contribution is 7.47. The molecule has 7 atom stereocenters. The molecule has 17 nitrogen and oxygen atoms in total. The van der Waals surface area contributed by atoms with Gasteiger partial charge in [-0.15, -0.1) is 0 Å². The normalized spacial score (nSPS) is 14.4. The molecule has 19 heteroatoms. The minimum absolute atomic E-state index is 0.108. The van der Waals surface area contributed by atoms with Crippen molar-refractivity contribution in [2.24, 2.45) is 11.8 Å². The van der Waals surface area contributed by atoms with Gasteiger partial charge in [-0.2, -0.15) is 0 Å². The first-order valence-electron chi connectivity index (χ1n) is 43.6. The zero-order chi connectivity index (χ0) is 75.6. The van der Waals surface area contributed by atoms with Crippen molar-refractivity contribution in [2.75, 3.05) is 39.6 Å². The summed E-state index contributed by atoms with van der Waals surface area (Å²) in [6, 6.07) is 0. The second-order valence-electron chi connectivity index (χ2n) is 30.7. The number of hydrogen-bond donors (Lipinski definition) is 3. The third-order valence-electron chi connectivity index (χ3n) is 20.4. The minimum atomic E-state index is -4.96. The first-order valence-corrected chi connectivity index (χ1v) is 46.6. The van der Waals surface area contributed by atoms with Gasteiger partial charge in [0.15, 0.2) is 12.2 Å². The molecule has 0 aromatic heterocycles. The molecule has 0 aromatic carbocycles. The number of aliphatic hydroxyl groups is 1. The number of carbonyl (C=O) groups is 4. The second-order valence-corrected chi connectivity index (χ2v) is 33.6. The molecule has 0 aromatic rings. The Balaban J connectivity index is 5.27. The number of ether oxygens (including phenoxy) is 4. The van der Waals surface area contributed by atoms with Gasteiger partial charge in [-0.1, -0.05) is 395 Å². The smallest absolute Gasteiger partial charge is 0.462 e. The number of hydrogen-bond acceptors (Lipinski definition) is 15. The van der Waals surface area contributed by atoms with Gasteiger partial charge in [0, 0.05) is 25.7 Å². The monoisotopic (exact) mass is 1510 g/mol. The van der Waals surface area contributed by atoms with Gasteiger partial charge in [-0.25, -0.2) is 9.13 Å². The largest absolute Gasteiger partial charge is 0.472 e. The van der Waals surface area contributed by atoms with Crippen LogP contribution < -0.4 is 0 Å². The molecule has 3 N–H and O–H groups in total. The van der Waals surface area contributed by atoms with Crippen LogP contribution >= 0.6 is 15.6 Å². The summed E-state index contributed by atoms with van der Waals surface area (Å²) in [7, 11) is -9.93. The van der Waals surface area contributed by atoms with E-state index in [9.17, 15) is 43.2 Å². The maximum atomic E-state index is 13.1. The van der Waals surface area contributed by atoms with E-state index in [-0.39, 0.29) is 25.7 Å². The zero-order valence-corrected chi connectivity index (χ0v) is 69.4. The Morgan fingerprint density at radius 3 is 0.689 bits per heavy atom. The van der Waals surface area contributed by atoms with E-state index < -0.39 is 97.5 Å². The van der Waals surface area contributed by atoms with Crippen molar-refractivity contribution in [1.29, 1.82) is 0 Å². The summed E-state index contributed by atoms with van der Waals surface area (Å²) in [4.78, 5) is 73.2. The molecule has 0 bridgehead atoms. The van der Waals surface area contributed by atoms with Crippen molar-refractivity contribution in [3.63, 3.8) is 0 Å². The number of phosphoric acid groups is 2. The Kier molecular flexibility index (Phi) is 74.1. The molecule has 0 radical (unpaired) electrons. The number of esters is 4. The zero-order valence-electron chi connectivity index (χ0n) is 67.6. The van der Waals surface area contributed by atoms with Crippen molar-refractivity contribution in [3.8, 4) is 0 Å². The molecule has 0 rings (SSSR count). The van der Waals surface area contributed by atoms with Gasteiger partial charge in [-0.05, 0) is 37.5 Å². The Morgan fingerprint density at radius 1 is 0.272 bits per heavy atom. The average molecular weight is 1510 g/mol. The maximum Gasteiger partial charge on any atom is 0.472 e. The van der Waals surface area contributed by atoms with E-state index in [1.54, 1.807) is 0 Å². The van der Waals surface area contributed by atoms with Crippen molar-refractivity contribution in [3.05, 3.63) is 0 Å². The molecule has 0 aliphatic rings. The summed E-state index contributed by atoms with van der Waals surface area (Å²) in [5, 5.41) is 10.7. The second kappa shape index (κ2) is 75.5. The van der Waals surface area contributed by atoms with Gasteiger partial charge in [0.25, 0.3) is 0 Å². The number of aliphatic hydroxyl groups excluding tert-OH is 1. The van der Waals surface area contributed by atoms with Crippen LogP contribution in [-0.2, 0) is 65.4 Å². The van der Waals surface area contributed by atoms with Crippen LogP contribution in [0.25, 0.3) is 0 Å². The van der Waals surface area contributed by atoms with Crippen LogP contribution in [0.4, 0.5) is 0 Å². The first-order chi connectivity index (χ1) is 49.9. The van der Waals surface area contributed by atoms with Crippen LogP contribution in [0.1, 0.15) is 446 Å². The summed E-state index contributed by atoms with van der Waals surface area (Å²) in [6.07, 6.45) is 66.4. The fourth-order valence-electron chi connectivity index (χ4n) is 13.0. The Morgan fingerprint density at radius 2 is 0.466 bits per heavy atom. The van der Waals surface area contributed by atoms with Crippen LogP contribution in [-0.4, -0.2) is 96.7 Å². The van der Waals surface area contributed by atoms with Gasteiger partial charge >= 0.3 is 39.5 Å². The van der Waals surface area contributed by atoms with Crippen LogP contribution in [0.5, 0.6) is 0 Å². The van der Waals surface area contributed by atoms with Crippen LogP contribution in [0.2, 0.25) is 0 Å². The molecular formula is C84H164O17P2. The highest BCUT2D eigenvalue weighted by atomic mass is 31.2. The van der Waals surface area contributed by atoms with Crippen molar-refractivity contribution >= 4 is 39.5 Å². The molecule has 0 amide bonds.